The summed E-state index contributed by atoms with van der Waals surface area (Å²) < 4.78 is 16.3. The predicted molar refractivity (Wildman–Crippen MR) is 83.6 cm³/mol. The van der Waals surface area contributed by atoms with E-state index in [1.165, 1.54) is 0 Å². The molecule has 0 aliphatic carbocycles. The average Bonchev–Trinajstić information content (AvgIpc) is 3.16. The molecule has 114 valence electrons. The summed E-state index contributed by atoms with van der Waals surface area (Å²) in [6.45, 7) is 3.06. The van der Waals surface area contributed by atoms with E-state index < -0.39 is 0 Å². The molecular formula is C16H17N3O3. The molecule has 0 fully saturated rings. The van der Waals surface area contributed by atoms with E-state index >= 15 is 0 Å². The highest BCUT2D eigenvalue weighted by Crippen LogP contribution is 2.28. The van der Waals surface area contributed by atoms with Crippen LogP contribution in [0.25, 0.3) is 11.5 Å². The summed E-state index contributed by atoms with van der Waals surface area (Å²) in [6.07, 6.45) is 1.62. The SMILES string of the molecule is CCOc1ccc(-c2nc(N)c(NCc3ccco3)o2)cc1. The molecule has 6 heteroatoms. The first-order chi connectivity index (χ1) is 10.8. The fraction of sp³-hybridized carbons (Fsp3) is 0.188. The van der Waals surface area contributed by atoms with Gasteiger partial charge in [0.25, 0.3) is 0 Å². The van der Waals surface area contributed by atoms with Crippen LogP contribution in [0.4, 0.5) is 11.7 Å². The normalized spacial score (nSPS) is 10.6. The van der Waals surface area contributed by atoms with Gasteiger partial charge >= 0.3 is 0 Å². The zero-order valence-corrected chi connectivity index (χ0v) is 12.2. The van der Waals surface area contributed by atoms with Crippen LogP contribution in [0.3, 0.4) is 0 Å². The molecule has 0 atom stereocenters. The first kappa shape index (κ1) is 14.1. The Morgan fingerprint density at radius 3 is 2.73 bits per heavy atom. The number of nitrogens with two attached hydrogens (primary N) is 1. The highest BCUT2D eigenvalue weighted by molar-refractivity contribution is 5.63. The fourth-order valence-electron chi connectivity index (χ4n) is 2.02. The Morgan fingerprint density at radius 1 is 1.23 bits per heavy atom. The monoisotopic (exact) mass is 299 g/mol. The highest BCUT2D eigenvalue weighted by atomic mass is 16.5. The van der Waals surface area contributed by atoms with Gasteiger partial charge in [0.1, 0.15) is 11.5 Å². The zero-order chi connectivity index (χ0) is 15.4. The number of furan rings is 1. The summed E-state index contributed by atoms with van der Waals surface area (Å²) in [5, 5.41) is 3.06. The number of anilines is 2. The average molecular weight is 299 g/mol. The molecule has 2 heterocycles. The van der Waals surface area contributed by atoms with E-state index in [0.29, 0.717) is 30.7 Å². The lowest BCUT2D eigenvalue weighted by atomic mass is 10.2. The smallest absolute Gasteiger partial charge is 0.238 e. The number of hydrogen-bond donors (Lipinski definition) is 2. The first-order valence-electron chi connectivity index (χ1n) is 7.02. The molecule has 0 saturated heterocycles. The molecular weight excluding hydrogens is 282 g/mol. The van der Waals surface area contributed by atoms with Crippen molar-refractivity contribution in [3.63, 3.8) is 0 Å². The van der Waals surface area contributed by atoms with Crippen molar-refractivity contribution in [1.29, 1.82) is 0 Å². The van der Waals surface area contributed by atoms with E-state index in [9.17, 15) is 0 Å². The van der Waals surface area contributed by atoms with Crippen LogP contribution < -0.4 is 15.8 Å². The third-order valence-corrected chi connectivity index (χ3v) is 3.07. The second-order valence-electron chi connectivity index (χ2n) is 4.62. The minimum Gasteiger partial charge on any atom is -0.494 e. The molecule has 0 aliphatic heterocycles. The summed E-state index contributed by atoms with van der Waals surface area (Å²) in [5.74, 6) is 2.80. The van der Waals surface area contributed by atoms with Gasteiger partial charge in [-0.3, -0.25) is 0 Å². The van der Waals surface area contributed by atoms with E-state index in [2.05, 4.69) is 10.3 Å². The van der Waals surface area contributed by atoms with Gasteiger partial charge in [-0.1, -0.05) is 0 Å². The van der Waals surface area contributed by atoms with E-state index in [0.717, 1.165) is 17.1 Å². The Kier molecular flexibility index (Phi) is 4.00. The maximum absolute atomic E-state index is 5.87. The highest BCUT2D eigenvalue weighted by Gasteiger charge is 2.12. The number of nitrogen functional groups attached to an aromatic ring is 1. The second-order valence-corrected chi connectivity index (χ2v) is 4.62. The molecule has 0 amide bonds. The third-order valence-electron chi connectivity index (χ3n) is 3.07. The maximum Gasteiger partial charge on any atom is 0.238 e. The Labute approximate surface area is 127 Å². The van der Waals surface area contributed by atoms with Crippen LogP contribution >= 0.6 is 0 Å². The van der Waals surface area contributed by atoms with Gasteiger partial charge in [0, 0.05) is 5.56 Å². The summed E-state index contributed by atoms with van der Waals surface area (Å²) in [5.41, 5.74) is 6.71. The van der Waals surface area contributed by atoms with E-state index in [-0.39, 0.29) is 0 Å². The van der Waals surface area contributed by atoms with Crippen molar-refractivity contribution in [2.75, 3.05) is 17.7 Å². The molecule has 0 aliphatic rings. The van der Waals surface area contributed by atoms with Gasteiger partial charge in [-0.05, 0) is 43.3 Å². The molecule has 0 unspecified atom stereocenters. The molecule has 0 spiro atoms. The van der Waals surface area contributed by atoms with Crippen molar-refractivity contribution in [2.24, 2.45) is 0 Å². The van der Waals surface area contributed by atoms with Crippen LogP contribution in [0.5, 0.6) is 5.75 Å². The first-order valence-corrected chi connectivity index (χ1v) is 7.02. The van der Waals surface area contributed by atoms with Crippen LogP contribution in [0.15, 0.2) is 51.5 Å². The van der Waals surface area contributed by atoms with E-state index in [4.69, 9.17) is 19.3 Å². The predicted octanol–water partition coefficient (Wildman–Crippen LogP) is 3.53. The number of aromatic nitrogens is 1. The van der Waals surface area contributed by atoms with Gasteiger partial charge < -0.3 is 24.6 Å². The van der Waals surface area contributed by atoms with Crippen molar-refractivity contribution in [1.82, 2.24) is 4.98 Å². The molecule has 6 nitrogen and oxygen atoms in total. The number of hydrogen-bond acceptors (Lipinski definition) is 6. The van der Waals surface area contributed by atoms with Gasteiger partial charge in [0.05, 0.1) is 19.4 Å². The molecule has 0 radical (unpaired) electrons. The molecule has 2 aromatic heterocycles. The van der Waals surface area contributed by atoms with Crippen molar-refractivity contribution < 1.29 is 13.6 Å². The molecule has 3 aromatic rings. The summed E-state index contributed by atoms with van der Waals surface area (Å²) in [6, 6.07) is 11.2. The number of oxazole rings is 1. The van der Waals surface area contributed by atoms with Crippen molar-refractivity contribution in [3.8, 4) is 17.2 Å². The molecule has 1 aromatic carbocycles. The standard InChI is InChI=1S/C16H17N3O3/c1-2-20-12-7-5-11(6-8-12)15-19-14(17)16(22-15)18-10-13-4-3-9-21-13/h3-9,18H,2,10,17H2,1H3. The molecule has 0 bridgehead atoms. The summed E-state index contributed by atoms with van der Waals surface area (Å²) >= 11 is 0. The van der Waals surface area contributed by atoms with Crippen LogP contribution in [0, 0.1) is 0 Å². The summed E-state index contributed by atoms with van der Waals surface area (Å²) in [4.78, 5) is 4.23. The lowest BCUT2D eigenvalue weighted by Gasteiger charge is -2.02. The molecule has 22 heavy (non-hydrogen) atoms. The molecule has 0 saturated carbocycles. The minimum absolute atomic E-state index is 0.315. The van der Waals surface area contributed by atoms with Crippen LogP contribution in [-0.4, -0.2) is 11.6 Å². The van der Waals surface area contributed by atoms with Crippen molar-refractivity contribution in [3.05, 3.63) is 48.4 Å². The molecule has 3 rings (SSSR count). The van der Waals surface area contributed by atoms with Gasteiger partial charge in [-0.15, -0.1) is 0 Å². The topological polar surface area (TPSA) is 86.5 Å². The molecule has 3 N–H and O–H groups in total. The Balaban J connectivity index is 1.73. The van der Waals surface area contributed by atoms with Crippen LogP contribution in [0.2, 0.25) is 0 Å². The largest absolute Gasteiger partial charge is 0.494 e. The fourth-order valence-corrected chi connectivity index (χ4v) is 2.02. The van der Waals surface area contributed by atoms with Crippen LogP contribution in [-0.2, 0) is 6.54 Å². The lowest BCUT2D eigenvalue weighted by molar-refractivity contribution is 0.340. The van der Waals surface area contributed by atoms with Gasteiger partial charge in [-0.2, -0.15) is 4.98 Å². The third kappa shape index (κ3) is 3.06. The number of rotatable bonds is 6. The maximum atomic E-state index is 5.87. The van der Waals surface area contributed by atoms with Gasteiger partial charge in [0.15, 0.2) is 5.82 Å². The Bertz CT molecular complexity index is 718. The Morgan fingerprint density at radius 2 is 2.05 bits per heavy atom. The van der Waals surface area contributed by atoms with Crippen molar-refractivity contribution >= 4 is 11.7 Å². The lowest BCUT2D eigenvalue weighted by Crippen LogP contribution is -1.99. The zero-order valence-electron chi connectivity index (χ0n) is 12.2. The Hall–Kier alpha value is -2.89. The number of nitrogens with zero attached hydrogens (tertiary/aromatic N) is 1. The second kappa shape index (κ2) is 6.26. The number of benzene rings is 1. The number of nitrogens with one attached hydrogen (secondary N) is 1. The van der Waals surface area contributed by atoms with E-state index in [1.54, 1.807) is 6.26 Å². The van der Waals surface area contributed by atoms with E-state index in [1.807, 2.05) is 43.3 Å². The number of ether oxygens (including phenoxy) is 1. The van der Waals surface area contributed by atoms with Gasteiger partial charge in [0.2, 0.25) is 11.8 Å². The van der Waals surface area contributed by atoms with Crippen LogP contribution in [0.1, 0.15) is 12.7 Å². The van der Waals surface area contributed by atoms with Gasteiger partial charge in [-0.25, -0.2) is 0 Å². The minimum atomic E-state index is 0.315. The summed E-state index contributed by atoms with van der Waals surface area (Å²) in [7, 11) is 0. The quantitative estimate of drug-likeness (QED) is 0.724. The van der Waals surface area contributed by atoms with Crippen molar-refractivity contribution in [2.45, 2.75) is 13.5 Å².